The van der Waals surface area contributed by atoms with Crippen molar-refractivity contribution in [1.29, 1.82) is 0 Å². The number of thiazole rings is 1. The fraction of sp³-hybridized carbons (Fsp3) is 0.500. The Bertz CT molecular complexity index is 269. The van der Waals surface area contributed by atoms with E-state index in [9.17, 15) is 5.11 Å². The van der Waals surface area contributed by atoms with Gasteiger partial charge in [0.2, 0.25) is 0 Å². The van der Waals surface area contributed by atoms with Crippen molar-refractivity contribution in [1.82, 2.24) is 0 Å². The van der Waals surface area contributed by atoms with E-state index in [2.05, 4.69) is 0 Å². The zero-order valence-corrected chi connectivity index (χ0v) is 7.35. The van der Waals surface area contributed by atoms with Crippen LogP contribution in [0.1, 0.15) is 23.6 Å². The van der Waals surface area contributed by atoms with E-state index < -0.39 is 6.10 Å². The minimum Gasteiger partial charge on any atom is -0.388 e. The molecule has 1 heterocycles. The fourth-order valence-electron chi connectivity index (χ4n) is 0.907. The first kappa shape index (κ1) is 8.29. The van der Waals surface area contributed by atoms with E-state index in [1.165, 1.54) is 16.0 Å². The SMILES string of the molecule is Cc1c(C(C)O)sc(N)[n+]1N. The number of nitrogens with zero attached hydrogens (tertiary/aromatic N) is 1. The molecule has 0 aliphatic carbocycles. The quantitative estimate of drug-likeness (QED) is 0.404. The van der Waals surface area contributed by atoms with E-state index in [-0.39, 0.29) is 0 Å². The summed E-state index contributed by atoms with van der Waals surface area (Å²) in [4.78, 5) is 0.824. The van der Waals surface area contributed by atoms with Gasteiger partial charge in [-0.25, -0.2) is 0 Å². The van der Waals surface area contributed by atoms with Gasteiger partial charge in [-0.2, -0.15) is 0 Å². The molecule has 1 aromatic rings. The van der Waals surface area contributed by atoms with E-state index in [0.717, 1.165) is 10.6 Å². The van der Waals surface area contributed by atoms with Gasteiger partial charge in [0.25, 0.3) is 0 Å². The lowest BCUT2D eigenvalue weighted by atomic mass is 10.3. The average Bonchev–Trinajstić information content (AvgIpc) is 2.17. The first-order valence-corrected chi connectivity index (χ1v) is 4.09. The number of aliphatic hydroxyl groups is 1. The van der Waals surface area contributed by atoms with Gasteiger partial charge in [0, 0.05) is 6.92 Å². The summed E-state index contributed by atoms with van der Waals surface area (Å²) in [5, 5.41) is 9.74. The summed E-state index contributed by atoms with van der Waals surface area (Å²) in [5.74, 6) is 5.53. The van der Waals surface area contributed by atoms with Crippen molar-refractivity contribution in [3.05, 3.63) is 10.6 Å². The number of hydrogen-bond donors (Lipinski definition) is 3. The van der Waals surface area contributed by atoms with Crippen LogP contribution in [0.3, 0.4) is 0 Å². The minimum atomic E-state index is -0.493. The van der Waals surface area contributed by atoms with Gasteiger partial charge in [-0.3, -0.25) is 11.6 Å². The van der Waals surface area contributed by atoms with Gasteiger partial charge < -0.3 is 5.11 Å². The highest BCUT2D eigenvalue weighted by Crippen LogP contribution is 2.23. The Kier molecular flexibility index (Phi) is 2.01. The van der Waals surface area contributed by atoms with Crippen molar-refractivity contribution in [3.8, 4) is 0 Å². The molecular formula is C6H12N3OS+. The highest BCUT2D eigenvalue weighted by Gasteiger charge is 2.18. The van der Waals surface area contributed by atoms with E-state index in [4.69, 9.17) is 11.6 Å². The summed E-state index contributed by atoms with van der Waals surface area (Å²) >= 11 is 1.31. The molecule has 0 aliphatic heterocycles. The Morgan fingerprint density at radius 3 is 2.36 bits per heavy atom. The Morgan fingerprint density at radius 2 is 2.18 bits per heavy atom. The summed E-state index contributed by atoms with van der Waals surface area (Å²) < 4.78 is 1.38. The van der Waals surface area contributed by atoms with Crippen molar-refractivity contribution in [3.63, 3.8) is 0 Å². The van der Waals surface area contributed by atoms with E-state index >= 15 is 0 Å². The molecule has 0 bridgehead atoms. The van der Waals surface area contributed by atoms with Crippen LogP contribution in [0.15, 0.2) is 0 Å². The van der Waals surface area contributed by atoms with Gasteiger partial charge in [-0.15, -0.1) is 4.68 Å². The lowest BCUT2D eigenvalue weighted by Crippen LogP contribution is -2.47. The predicted octanol–water partition coefficient (Wildman–Crippen LogP) is -0.307. The summed E-state index contributed by atoms with van der Waals surface area (Å²) in [6.45, 7) is 3.52. The van der Waals surface area contributed by atoms with E-state index in [1.807, 2.05) is 6.92 Å². The molecule has 62 valence electrons. The molecule has 0 saturated heterocycles. The molecule has 0 aromatic carbocycles. The lowest BCUT2D eigenvalue weighted by molar-refractivity contribution is -0.626. The van der Waals surface area contributed by atoms with E-state index in [1.54, 1.807) is 6.92 Å². The maximum absolute atomic E-state index is 9.23. The lowest BCUT2D eigenvalue weighted by Gasteiger charge is -1.97. The van der Waals surface area contributed by atoms with Crippen LogP contribution in [0.25, 0.3) is 0 Å². The van der Waals surface area contributed by atoms with Crippen molar-refractivity contribution in [2.45, 2.75) is 20.0 Å². The second kappa shape index (κ2) is 2.67. The van der Waals surface area contributed by atoms with Gasteiger partial charge in [-0.1, -0.05) is 0 Å². The molecule has 0 aliphatic rings. The van der Waals surface area contributed by atoms with Gasteiger partial charge in [-0.05, 0) is 18.3 Å². The molecule has 1 rings (SSSR count). The maximum atomic E-state index is 9.23. The molecule has 5 heteroatoms. The van der Waals surface area contributed by atoms with Crippen molar-refractivity contribution < 1.29 is 9.78 Å². The largest absolute Gasteiger partial charge is 0.388 e. The third kappa shape index (κ3) is 1.29. The molecule has 0 spiro atoms. The highest BCUT2D eigenvalue weighted by atomic mass is 32.1. The molecule has 0 amide bonds. The Labute approximate surface area is 69.0 Å². The first-order chi connectivity index (χ1) is 5.04. The topological polar surface area (TPSA) is 76.2 Å². The molecule has 1 unspecified atom stereocenters. The van der Waals surface area contributed by atoms with Crippen molar-refractivity contribution in [2.24, 2.45) is 0 Å². The molecule has 11 heavy (non-hydrogen) atoms. The van der Waals surface area contributed by atoms with Crippen LogP contribution in [-0.4, -0.2) is 5.11 Å². The number of aromatic nitrogens is 1. The molecule has 0 saturated carbocycles. The zero-order valence-electron chi connectivity index (χ0n) is 6.53. The normalized spacial score (nSPS) is 13.4. The molecular weight excluding hydrogens is 162 g/mol. The highest BCUT2D eigenvalue weighted by molar-refractivity contribution is 7.15. The predicted molar refractivity (Wildman–Crippen MR) is 44.4 cm³/mol. The maximum Gasteiger partial charge on any atom is 0.355 e. The Morgan fingerprint density at radius 1 is 1.64 bits per heavy atom. The van der Waals surface area contributed by atoms with Crippen LogP contribution in [0.4, 0.5) is 5.13 Å². The van der Waals surface area contributed by atoms with Crippen LogP contribution < -0.4 is 16.3 Å². The van der Waals surface area contributed by atoms with Crippen LogP contribution in [0.5, 0.6) is 0 Å². The number of hydrogen-bond acceptors (Lipinski definition) is 4. The smallest absolute Gasteiger partial charge is 0.355 e. The number of anilines is 1. The van der Waals surface area contributed by atoms with Crippen LogP contribution in [0.2, 0.25) is 0 Å². The summed E-state index contributed by atoms with van der Waals surface area (Å²) in [5.41, 5.74) is 6.35. The number of aliphatic hydroxyl groups excluding tert-OH is 1. The number of nitrogens with two attached hydrogens (primary N) is 2. The second-order valence-electron chi connectivity index (χ2n) is 2.44. The van der Waals surface area contributed by atoms with Gasteiger partial charge in [0.05, 0.1) is 11.0 Å². The third-order valence-electron chi connectivity index (χ3n) is 1.55. The standard InChI is InChI=1S/C6H11N3OS/c1-3-5(4(2)10)11-6(7)9(3)8/h4,7,10H,8H2,1-2H3/p+1. The summed E-state index contributed by atoms with van der Waals surface area (Å²) in [7, 11) is 0. The van der Waals surface area contributed by atoms with Crippen molar-refractivity contribution >= 4 is 16.5 Å². The Balaban J connectivity index is 3.19. The zero-order chi connectivity index (χ0) is 8.59. The van der Waals surface area contributed by atoms with Crippen LogP contribution in [-0.2, 0) is 0 Å². The first-order valence-electron chi connectivity index (χ1n) is 3.28. The summed E-state index contributed by atoms with van der Waals surface area (Å²) in [6.07, 6.45) is -0.493. The van der Waals surface area contributed by atoms with Crippen LogP contribution >= 0.6 is 11.3 Å². The van der Waals surface area contributed by atoms with E-state index in [0.29, 0.717) is 5.13 Å². The molecule has 0 radical (unpaired) electrons. The van der Waals surface area contributed by atoms with Gasteiger partial charge in [0.1, 0.15) is 5.69 Å². The van der Waals surface area contributed by atoms with Crippen molar-refractivity contribution in [2.75, 3.05) is 11.6 Å². The molecule has 4 nitrogen and oxygen atoms in total. The third-order valence-corrected chi connectivity index (χ3v) is 2.81. The molecule has 1 aromatic heterocycles. The monoisotopic (exact) mass is 174 g/mol. The molecule has 1 atom stereocenters. The molecule has 5 N–H and O–H groups in total. The number of nitrogen functional groups attached to an aromatic ring is 2. The van der Waals surface area contributed by atoms with Crippen LogP contribution in [0, 0.1) is 6.92 Å². The summed E-state index contributed by atoms with van der Waals surface area (Å²) in [6, 6.07) is 0. The minimum absolute atomic E-state index is 0.493. The number of rotatable bonds is 1. The van der Waals surface area contributed by atoms with Gasteiger partial charge in [0.15, 0.2) is 0 Å². The average molecular weight is 174 g/mol. The second-order valence-corrected chi connectivity index (χ2v) is 3.50. The van der Waals surface area contributed by atoms with Gasteiger partial charge >= 0.3 is 5.13 Å². The Hall–Kier alpha value is -0.810. The molecule has 0 fully saturated rings. The fourth-order valence-corrected chi connectivity index (χ4v) is 1.78.